The van der Waals surface area contributed by atoms with Crippen molar-refractivity contribution in [2.75, 3.05) is 0 Å². The summed E-state index contributed by atoms with van der Waals surface area (Å²) in [5.74, 6) is 0. The summed E-state index contributed by atoms with van der Waals surface area (Å²) in [7, 11) is 0. The monoisotopic (exact) mass is 394 g/mol. The molecule has 0 saturated carbocycles. The molecular formula is C31H22. The highest BCUT2D eigenvalue weighted by Crippen LogP contribution is 2.52. The lowest BCUT2D eigenvalue weighted by Crippen LogP contribution is -2.15. The van der Waals surface area contributed by atoms with E-state index in [0.29, 0.717) is 0 Å². The molecule has 1 aliphatic carbocycles. The van der Waals surface area contributed by atoms with Crippen molar-refractivity contribution in [3.63, 3.8) is 0 Å². The Hall–Kier alpha value is -3.64. The van der Waals surface area contributed by atoms with Gasteiger partial charge in [0.05, 0.1) is 0 Å². The molecule has 0 radical (unpaired) electrons. The highest BCUT2D eigenvalue weighted by molar-refractivity contribution is 6.25. The second kappa shape index (κ2) is 5.74. The van der Waals surface area contributed by atoms with Crippen LogP contribution in [0.4, 0.5) is 0 Å². The lowest BCUT2D eigenvalue weighted by atomic mass is 9.80. The van der Waals surface area contributed by atoms with Gasteiger partial charge in [0.2, 0.25) is 0 Å². The molecule has 0 spiro atoms. The minimum absolute atomic E-state index is 0.00149. The Morgan fingerprint density at radius 1 is 0.452 bits per heavy atom. The standard InChI is InChI=1S/C31H22/c1-31(2)27-17-16-24(23-13-7-10-19-8-3-5-11-21(19)23)26-15-14-25-22-12-6-4-9-20(22)18-28(31)30(25)29(26)27/h3-18H,1-2H3. The molecule has 0 N–H and O–H groups in total. The van der Waals surface area contributed by atoms with E-state index in [1.54, 1.807) is 0 Å². The van der Waals surface area contributed by atoms with Gasteiger partial charge in [0.1, 0.15) is 0 Å². The first kappa shape index (κ1) is 17.1. The van der Waals surface area contributed by atoms with E-state index in [9.17, 15) is 0 Å². The quantitative estimate of drug-likeness (QED) is 0.245. The van der Waals surface area contributed by atoms with Crippen molar-refractivity contribution in [2.45, 2.75) is 19.3 Å². The Morgan fingerprint density at radius 3 is 1.97 bits per heavy atom. The molecule has 0 bridgehead atoms. The Labute approximate surface area is 181 Å². The van der Waals surface area contributed by atoms with Crippen molar-refractivity contribution in [1.29, 1.82) is 0 Å². The van der Waals surface area contributed by atoms with Gasteiger partial charge in [-0.1, -0.05) is 105 Å². The van der Waals surface area contributed by atoms with Crippen molar-refractivity contribution >= 4 is 43.1 Å². The molecule has 0 atom stereocenters. The van der Waals surface area contributed by atoms with Crippen LogP contribution in [0.1, 0.15) is 25.0 Å². The third-order valence-corrected chi connectivity index (χ3v) is 7.43. The van der Waals surface area contributed by atoms with Gasteiger partial charge in [-0.15, -0.1) is 0 Å². The van der Waals surface area contributed by atoms with E-state index in [-0.39, 0.29) is 5.41 Å². The molecule has 0 aromatic heterocycles. The largest absolute Gasteiger partial charge is 0.0616 e. The second-order valence-electron chi connectivity index (χ2n) is 9.37. The summed E-state index contributed by atoms with van der Waals surface area (Å²) < 4.78 is 0. The zero-order chi connectivity index (χ0) is 20.7. The molecule has 7 rings (SSSR count). The molecule has 0 unspecified atom stereocenters. The minimum atomic E-state index is 0.00149. The van der Waals surface area contributed by atoms with E-state index in [2.05, 4.69) is 111 Å². The summed E-state index contributed by atoms with van der Waals surface area (Å²) in [5.41, 5.74) is 5.55. The van der Waals surface area contributed by atoms with Gasteiger partial charge in [0.15, 0.2) is 0 Å². The summed E-state index contributed by atoms with van der Waals surface area (Å²) in [5, 5.41) is 10.9. The van der Waals surface area contributed by atoms with Crippen LogP contribution >= 0.6 is 0 Å². The van der Waals surface area contributed by atoms with Crippen LogP contribution in [0.3, 0.4) is 0 Å². The summed E-state index contributed by atoms with van der Waals surface area (Å²) in [6.07, 6.45) is 0. The third kappa shape index (κ3) is 2.10. The summed E-state index contributed by atoms with van der Waals surface area (Å²) in [6, 6.07) is 36.0. The smallest absolute Gasteiger partial charge is 0.0159 e. The van der Waals surface area contributed by atoms with Crippen molar-refractivity contribution in [1.82, 2.24) is 0 Å². The van der Waals surface area contributed by atoms with E-state index < -0.39 is 0 Å². The van der Waals surface area contributed by atoms with Crippen LogP contribution in [0.5, 0.6) is 0 Å². The Morgan fingerprint density at radius 2 is 1.10 bits per heavy atom. The van der Waals surface area contributed by atoms with Gasteiger partial charge in [-0.05, 0) is 71.4 Å². The number of fused-ring (bicyclic) bond motifs is 3. The summed E-state index contributed by atoms with van der Waals surface area (Å²) in [6.45, 7) is 4.76. The van der Waals surface area contributed by atoms with Crippen LogP contribution in [0.2, 0.25) is 0 Å². The fourth-order valence-corrected chi connectivity index (χ4v) is 5.90. The zero-order valence-corrected chi connectivity index (χ0v) is 17.7. The lowest BCUT2D eigenvalue weighted by molar-refractivity contribution is 0.663. The van der Waals surface area contributed by atoms with Gasteiger partial charge in [0, 0.05) is 5.41 Å². The molecular weight excluding hydrogens is 372 g/mol. The predicted octanol–water partition coefficient (Wildman–Crippen LogP) is 8.61. The van der Waals surface area contributed by atoms with Gasteiger partial charge in [-0.25, -0.2) is 0 Å². The fraction of sp³-hybridized carbons (Fsp3) is 0.0968. The van der Waals surface area contributed by atoms with E-state index in [1.165, 1.54) is 65.3 Å². The molecule has 31 heavy (non-hydrogen) atoms. The van der Waals surface area contributed by atoms with E-state index in [0.717, 1.165) is 0 Å². The van der Waals surface area contributed by atoms with Crippen molar-refractivity contribution in [2.24, 2.45) is 0 Å². The Bertz CT molecular complexity index is 1690. The lowest BCUT2D eigenvalue weighted by Gasteiger charge is -2.22. The topological polar surface area (TPSA) is 0 Å². The number of benzene rings is 6. The molecule has 0 heteroatoms. The Kier molecular flexibility index (Phi) is 3.16. The predicted molar refractivity (Wildman–Crippen MR) is 134 cm³/mol. The number of hydrogen-bond acceptors (Lipinski definition) is 0. The van der Waals surface area contributed by atoms with Gasteiger partial charge in [0.25, 0.3) is 0 Å². The van der Waals surface area contributed by atoms with Crippen molar-refractivity contribution in [3.8, 4) is 11.1 Å². The fourth-order valence-electron chi connectivity index (χ4n) is 5.90. The molecule has 6 aromatic carbocycles. The molecule has 0 aliphatic heterocycles. The first-order valence-electron chi connectivity index (χ1n) is 11.0. The van der Waals surface area contributed by atoms with E-state index >= 15 is 0 Å². The molecule has 0 fully saturated rings. The third-order valence-electron chi connectivity index (χ3n) is 7.43. The van der Waals surface area contributed by atoms with E-state index in [1.807, 2.05) is 0 Å². The second-order valence-corrected chi connectivity index (χ2v) is 9.37. The van der Waals surface area contributed by atoms with Gasteiger partial charge >= 0.3 is 0 Å². The van der Waals surface area contributed by atoms with Crippen molar-refractivity contribution < 1.29 is 0 Å². The maximum Gasteiger partial charge on any atom is 0.0159 e. The highest BCUT2D eigenvalue weighted by atomic mass is 14.4. The van der Waals surface area contributed by atoms with Crippen LogP contribution in [0.15, 0.2) is 97.1 Å². The van der Waals surface area contributed by atoms with Crippen LogP contribution in [0.25, 0.3) is 54.2 Å². The Balaban J connectivity index is 1.68. The molecule has 0 saturated heterocycles. The van der Waals surface area contributed by atoms with Crippen LogP contribution < -0.4 is 0 Å². The van der Waals surface area contributed by atoms with E-state index in [4.69, 9.17) is 0 Å². The summed E-state index contributed by atoms with van der Waals surface area (Å²) >= 11 is 0. The zero-order valence-electron chi connectivity index (χ0n) is 17.7. The molecule has 6 aromatic rings. The van der Waals surface area contributed by atoms with Crippen molar-refractivity contribution in [3.05, 3.63) is 108 Å². The van der Waals surface area contributed by atoms with Crippen LogP contribution in [-0.2, 0) is 5.41 Å². The van der Waals surface area contributed by atoms with Gasteiger partial charge in [-0.2, -0.15) is 0 Å². The first-order chi connectivity index (χ1) is 15.1. The average molecular weight is 395 g/mol. The maximum atomic E-state index is 2.43. The average Bonchev–Trinajstić information content (AvgIpc) is 3.04. The molecule has 0 amide bonds. The normalized spacial score (nSPS) is 14.4. The first-order valence-corrected chi connectivity index (χ1v) is 11.0. The molecule has 146 valence electrons. The molecule has 1 aliphatic rings. The van der Waals surface area contributed by atoms with Gasteiger partial charge in [-0.3, -0.25) is 0 Å². The molecule has 0 nitrogen and oxygen atoms in total. The minimum Gasteiger partial charge on any atom is -0.0616 e. The summed E-state index contributed by atoms with van der Waals surface area (Å²) in [4.78, 5) is 0. The van der Waals surface area contributed by atoms with Gasteiger partial charge < -0.3 is 0 Å². The number of hydrogen-bond donors (Lipinski definition) is 0. The van der Waals surface area contributed by atoms with Crippen LogP contribution in [-0.4, -0.2) is 0 Å². The highest BCUT2D eigenvalue weighted by Gasteiger charge is 2.35. The SMILES string of the molecule is CC1(C)c2ccc(-c3cccc4ccccc34)c3ccc4c5ccccc5cc1c4c23. The molecule has 0 heterocycles. The number of rotatable bonds is 1. The maximum absolute atomic E-state index is 2.43. The van der Waals surface area contributed by atoms with Crippen LogP contribution in [0, 0.1) is 0 Å².